The fourth-order valence-corrected chi connectivity index (χ4v) is 4.10. The summed E-state index contributed by atoms with van der Waals surface area (Å²) >= 11 is 0. The SMILES string of the molecule is Cc1cc(C)cc(Oc2cc(NC(=O)c3cc4nccc(-c5cnn(C)c5C)n4n3)cc([N+](=O)[O-])c2)c1. The number of nitrogens with zero attached hydrogens (tertiary/aromatic N) is 6. The molecule has 3 aromatic heterocycles. The first kappa shape index (κ1) is 23.7. The standard InChI is InChI=1S/C26H23N7O4/c1-15-7-16(2)9-20(8-15)37-21-11-18(10-19(12-21)33(35)36)29-26(34)23-13-25-27-6-5-24(32(25)30-23)22-14-28-31(4)17(22)3/h5-14H,1-4H3,(H,29,34). The normalized spacial score (nSPS) is 11.0. The molecule has 0 unspecified atom stereocenters. The number of aromatic nitrogens is 5. The Balaban J connectivity index is 1.46. The van der Waals surface area contributed by atoms with E-state index in [0.717, 1.165) is 28.1 Å². The molecule has 0 aliphatic carbocycles. The number of nitro groups is 1. The number of amides is 1. The number of carbonyl (C=O) groups is 1. The van der Waals surface area contributed by atoms with Gasteiger partial charge in [-0.25, -0.2) is 9.50 Å². The minimum atomic E-state index is -0.544. The number of fused-ring (bicyclic) bond motifs is 1. The van der Waals surface area contributed by atoms with Gasteiger partial charge >= 0.3 is 0 Å². The lowest BCUT2D eigenvalue weighted by molar-refractivity contribution is -0.384. The predicted octanol–water partition coefficient (Wildman–Crippen LogP) is 5.01. The van der Waals surface area contributed by atoms with E-state index in [2.05, 4.69) is 20.5 Å². The average molecular weight is 498 g/mol. The molecule has 5 aromatic rings. The summed E-state index contributed by atoms with van der Waals surface area (Å²) in [4.78, 5) is 28.4. The number of hydrogen-bond donors (Lipinski definition) is 1. The van der Waals surface area contributed by atoms with Crippen LogP contribution in [0.3, 0.4) is 0 Å². The van der Waals surface area contributed by atoms with Gasteiger partial charge in [-0.1, -0.05) is 6.07 Å². The quantitative estimate of drug-likeness (QED) is 0.258. The Morgan fingerprint density at radius 2 is 1.76 bits per heavy atom. The first-order valence-corrected chi connectivity index (χ1v) is 11.4. The molecule has 0 bridgehead atoms. The van der Waals surface area contributed by atoms with E-state index in [1.807, 2.05) is 46.0 Å². The topological polar surface area (TPSA) is 129 Å². The Labute approximate surface area is 211 Å². The summed E-state index contributed by atoms with van der Waals surface area (Å²) in [5.41, 5.74) is 5.07. The molecule has 1 N–H and O–H groups in total. The minimum absolute atomic E-state index is 0.102. The molecular weight excluding hydrogens is 474 g/mol. The third kappa shape index (κ3) is 4.74. The summed E-state index contributed by atoms with van der Waals surface area (Å²) in [5, 5.41) is 23.0. The van der Waals surface area contributed by atoms with Gasteiger partial charge in [0.1, 0.15) is 11.5 Å². The van der Waals surface area contributed by atoms with Crippen molar-refractivity contribution in [1.82, 2.24) is 24.4 Å². The van der Waals surface area contributed by atoms with Crippen molar-refractivity contribution in [3.05, 3.63) is 93.6 Å². The molecule has 0 radical (unpaired) electrons. The Hall–Kier alpha value is -5.06. The number of non-ortho nitro benzene ring substituents is 1. The van der Waals surface area contributed by atoms with Crippen molar-refractivity contribution in [2.24, 2.45) is 7.05 Å². The molecular formula is C26H23N7O4. The van der Waals surface area contributed by atoms with Crippen LogP contribution in [0.1, 0.15) is 27.3 Å². The van der Waals surface area contributed by atoms with E-state index < -0.39 is 10.8 Å². The number of nitrogens with one attached hydrogen (secondary N) is 1. The van der Waals surface area contributed by atoms with Gasteiger partial charge in [-0.15, -0.1) is 0 Å². The minimum Gasteiger partial charge on any atom is -0.457 e. The molecule has 5 rings (SSSR count). The summed E-state index contributed by atoms with van der Waals surface area (Å²) in [7, 11) is 1.84. The number of aryl methyl sites for hydroxylation is 3. The van der Waals surface area contributed by atoms with Gasteiger partial charge in [-0.2, -0.15) is 10.2 Å². The van der Waals surface area contributed by atoms with Gasteiger partial charge in [-0.05, 0) is 50.1 Å². The van der Waals surface area contributed by atoms with Crippen molar-refractivity contribution in [2.45, 2.75) is 20.8 Å². The number of hydrogen-bond acceptors (Lipinski definition) is 7. The Morgan fingerprint density at radius 1 is 1.03 bits per heavy atom. The molecule has 3 heterocycles. The zero-order valence-corrected chi connectivity index (χ0v) is 20.6. The Morgan fingerprint density at radius 3 is 2.43 bits per heavy atom. The molecule has 0 aliphatic rings. The highest BCUT2D eigenvalue weighted by molar-refractivity contribution is 6.03. The van der Waals surface area contributed by atoms with Crippen LogP contribution in [0.15, 0.2) is 60.9 Å². The molecule has 2 aromatic carbocycles. The van der Waals surface area contributed by atoms with E-state index in [1.54, 1.807) is 33.7 Å². The molecule has 0 spiro atoms. The van der Waals surface area contributed by atoms with Gasteiger partial charge in [-0.3, -0.25) is 19.6 Å². The molecule has 0 saturated carbocycles. The highest BCUT2D eigenvalue weighted by Gasteiger charge is 2.18. The van der Waals surface area contributed by atoms with E-state index in [4.69, 9.17) is 4.74 Å². The summed E-state index contributed by atoms with van der Waals surface area (Å²) in [5.74, 6) is 0.220. The maximum Gasteiger partial charge on any atom is 0.276 e. The maximum atomic E-state index is 13.1. The van der Waals surface area contributed by atoms with Gasteiger partial charge in [0.2, 0.25) is 0 Å². The van der Waals surface area contributed by atoms with Crippen LogP contribution in [0, 0.1) is 30.9 Å². The van der Waals surface area contributed by atoms with Gasteiger partial charge in [0.25, 0.3) is 11.6 Å². The molecule has 11 heteroatoms. The van der Waals surface area contributed by atoms with E-state index in [9.17, 15) is 14.9 Å². The van der Waals surface area contributed by atoms with Crippen molar-refractivity contribution in [3.63, 3.8) is 0 Å². The lowest BCUT2D eigenvalue weighted by Gasteiger charge is -2.10. The third-order valence-electron chi connectivity index (χ3n) is 5.89. The van der Waals surface area contributed by atoms with Crippen molar-refractivity contribution < 1.29 is 14.5 Å². The lowest BCUT2D eigenvalue weighted by atomic mass is 10.1. The second-order valence-electron chi connectivity index (χ2n) is 8.75. The smallest absolute Gasteiger partial charge is 0.276 e. The second kappa shape index (κ2) is 9.19. The van der Waals surface area contributed by atoms with Crippen LogP contribution in [0.25, 0.3) is 16.9 Å². The summed E-state index contributed by atoms with van der Waals surface area (Å²) in [6.07, 6.45) is 3.36. The number of benzene rings is 2. The molecule has 0 aliphatic heterocycles. The van der Waals surface area contributed by atoms with Crippen LogP contribution in [-0.2, 0) is 7.05 Å². The summed E-state index contributed by atoms with van der Waals surface area (Å²) in [6, 6.07) is 13.1. The number of rotatable bonds is 6. The molecule has 37 heavy (non-hydrogen) atoms. The maximum absolute atomic E-state index is 13.1. The second-order valence-corrected chi connectivity index (χ2v) is 8.75. The fraction of sp³-hybridized carbons (Fsp3) is 0.154. The van der Waals surface area contributed by atoms with Crippen molar-refractivity contribution in [1.29, 1.82) is 0 Å². The van der Waals surface area contributed by atoms with E-state index in [1.165, 1.54) is 18.2 Å². The molecule has 0 fully saturated rings. The van der Waals surface area contributed by atoms with Gasteiger partial charge in [0, 0.05) is 42.7 Å². The molecule has 11 nitrogen and oxygen atoms in total. The van der Waals surface area contributed by atoms with E-state index in [-0.39, 0.29) is 22.8 Å². The Bertz CT molecular complexity index is 1670. The fourth-order valence-electron chi connectivity index (χ4n) is 4.10. The molecule has 0 atom stereocenters. The van der Waals surface area contributed by atoms with E-state index >= 15 is 0 Å². The highest BCUT2D eigenvalue weighted by Crippen LogP contribution is 2.31. The van der Waals surface area contributed by atoms with Crippen LogP contribution in [0.4, 0.5) is 11.4 Å². The zero-order chi connectivity index (χ0) is 26.3. The zero-order valence-electron chi connectivity index (χ0n) is 20.6. The van der Waals surface area contributed by atoms with Crippen LogP contribution < -0.4 is 10.1 Å². The van der Waals surface area contributed by atoms with Gasteiger partial charge in [0.05, 0.1) is 28.6 Å². The average Bonchev–Trinajstić information content (AvgIpc) is 3.42. The van der Waals surface area contributed by atoms with E-state index in [0.29, 0.717) is 11.4 Å². The third-order valence-corrected chi connectivity index (χ3v) is 5.89. The first-order chi connectivity index (χ1) is 17.7. The molecule has 1 amide bonds. The number of carbonyl (C=O) groups excluding carboxylic acids is 1. The number of nitro benzene ring substituents is 1. The number of ether oxygens (including phenoxy) is 1. The molecule has 0 saturated heterocycles. The van der Waals surface area contributed by atoms with Crippen molar-refractivity contribution in [2.75, 3.05) is 5.32 Å². The highest BCUT2D eigenvalue weighted by atomic mass is 16.6. The molecule has 186 valence electrons. The van der Waals surface area contributed by atoms with Crippen LogP contribution in [0.5, 0.6) is 11.5 Å². The lowest BCUT2D eigenvalue weighted by Crippen LogP contribution is -2.13. The van der Waals surface area contributed by atoms with Gasteiger partial charge < -0.3 is 10.1 Å². The first-order valence-electron chi connectivity index (χ1n) is 11.4. The summed E-state index contributed by atoms with van der Waals surface area (Å²) in [6.45, 7) is 5.80. The van der Waals surface area contributed by atoms with Crippen molar-refractivity contribution in [3.8, 4) is 22.8 Å². The monoisotopic (exact) mass is 497 g/mol. The number of anilines is 1. The predicted molar refractivity (Wildman–Crippen MR) is 137 cm³/mol. The summed E-state index contributed by atoms with van der Waals surface area (Å²) < 4.78 is 9.21. The van der Waals surface area contributed by atoms with Crippen LogP contribution in [-0.4, -0.2) is 35.2 Å². The largest absolute Gasteiger partial charge is 0.457 e. The van der Waals surface area contributed by atoms with Gasteiger partial charge in [0.15, 0.2) is 11.3 Å². The van der Waals surface area contributed by atoms with Crippen LogP contribution >= 0.6 is 0 Å². The van der Waals surface area contributed by atoms with Crippen LogP contribution in [0.2, 0.25) is 0 Å². The van der Waals surface area contributed by atoms with Crippen molar-refractivity contribution >= 4 is 22.9 Å². The Kier molecular flexibility index (Phi) is 5.88.